The smallest absolute Gasteiger partial charge is 0.121 e. The number of hydrogen-bond donors (Lipinski definition) is 2. The molecule has 0 aromatic rings. The molecule has 0 aromatic carbocycles. The Bertz CT molecular complexity index is 267. The average molecular weight is 363 g/mol. The van der Waals surface area contributed by atoms with Crippen LogP contribution < -0.4 is 5.73 Å². The maximum Gasteiger partial charge on any atom is 0.121 e. The van der Waals surface area contributed by atoms with Gasteiger partial charge in [0.05, 0.1) is 0 Å². The molecule has 148 valence electrons. The first-order chi connectivity index (χ1) is 11.5. The summed E-state index contributed by atoms with van der Waals surface area (Å²) in [4.78, 5) is 5.24. The number of allylic oxidation sites excluding steroid dienone is 2. The first-order valence-electron chi connectivity index (χ1n) is 9.02. The second kappa shape index (κ2) is 38.1. The Morgan fingerprint density at radius 1 is 1.12 bits per heavy atom. The van der Waals surface area contributed by atoms with Gasteiger partial charge in [0, 0.05) is 19.7 Å². The van der Waals surface area contributed by atoms with Crippen LogP contribution in [-0.2, 0) is 0 Å². The predicted octanol–water partition coefficient (Wildman–Crippen LogP) is 6.43. The lowest BCUT2D eigenvalue weighted by molar-refractivity contribution is 0.399. The van der Waals surface area contributed by atoms with E-state index in [-0.39, 0.29) is 0 Å². The van der Waals surface area contributed by atoms with Gasteiger partial charge in [-0.3, -0.25) is 4.99 Å². The molecule has 0 saturated carbocycles. The van der Waals surface area contributed by atoms with E-state index in [1.54, 1.807) is 18.8 Å². The van der Waals surface area contributed by atoms with Gasteiger partial charge in [-0.25, -0.2) is 0 Å². The van der Waals surface area contributed by atoms with Crippen molar-refractivity contribution in [2.24, 2.45) is 10.7 Å². The van der Waals surface area contributed by atoms with Crippen LogP contribution in [-0.4, -0.2) is 31.4 Å². The van der Waals surface area contributed by atoms with Crippen molar-refractivity contribution in [3.63, 3.8) is 0 Å². The Balaban J connectivity index is -0.0000000773. The molecule has 0 spiro atoms. The van der Waals surface area contributed by atoms with Crippen molar-refractivity contribution in [3.05, 3.63) is 23.1 Å². The van der Waals surface area contributed by atoms with E-state index in [4.69, 9.17) is 10.8 Å². The third-order valence-electron chi connectivity index (χ3n) is 2.61. The van der Waals surface area contributed by atoms with Crippen LogP contribution in [0.2, 0.25) is 0 Å². The second-order valence-electron chi connectivity index (χ2n) is 4.27. The van der Waals surface area contributed by atoms with E-state index in [0.717, 1.165) is 25.5 Å². The highest BCUT2D eigenvalue weighted by Crippen LogP contribution is 2.19. The maximum absolute atomic E-state index is 7.00. The van der Waals surface area contributed by atoms with E-state index < -0.39 is 0 Å². The van der Waals surface area contributed by atoms with Crippen LogP contribution >= 0.6 is 11.8 Å². The zero-order chi connectivity index (χ0) is 20.4. The molecule has 3 nitrogen and oxygen atoms in total. The number of unbranched alkanes of at least 4 members (excludes halogenated alkanes) is 2. The van der Waals surface area contributed by atoms with E-state index in [0.29, 0.717) is 5.84 Å². The lowest BCUT2D eigenvalue weighted by atomic mass is 10.2. The van der Waals surface area contributed by atoms with Crippen LogP contribution in [0.4, 0.5) is 0 Å². The first kappa shape index (κ1) is 34.6. The number of aliphatic hydroxyl groups excluding tert-OH is 1. The third-order valence-corrected chi connectivity index (χ3v) is 3.69. The Morgan fingerprint density at radius 3 is 1.62 bits per heavy atom. The Hall–Kier alpha value is -0.740. The molecular weight excluding hydrogens is 316 g/mol. The molecular formula is C20H46N2OS. The summed E-state index contributed by atoms with van der Waals surface area (Å²) in [5, 5.41) is 7.00. The van der Waals surface area contributed by atoms with E-state index in [9.17, 15) is 0 Å². The van der Waals surface area contributed by atoms with Gasteiger partial charge in [0.2, 0.25) is 0 Å². The van der Waals surface area contributed by atoms with Crippen molar-refractivity contribution in [2.45, 2.75) is 80.6 Å². The van der Waals surface area contributed by atoms with Crippen molar-refractivity contribution in [3.8, 4) is 0 Å². The fourth-order valence-electron chi connectivity index (χ4n) is 1.23. The summed E-state index contributed by atoms with van der Waals surface area (Å²) in [7, 11) is 2.71. The van der Waals surface area contributed by atoms with Crippen LogP contribution in [0.5, 0.6) is 0 Å². The fourth-order valence-corrected chi connectivity index (χ4v) is 1.93. The summed E-state index contributed by atoms with van der Waals surface area (Å²) in [6, 6.07) is 0. The predicted molar refractivity (Wildman–Crippen MR) is 119 cm³/mol. The molecule has 0 aliphatic rings. The Kier molecular flexibility index (Phi) is 54.8. The van der Waals surface area contributed by atoms with Gasteiger partial charge in [0.25, 0.3) is 0 Å². The molecule has 0 radical (unpaired) electrons. The fraction of sp³-hybridized carbons (Fsp3) is 0.750. The summed E-state index contributed by atoms with van der Waals surface area (Å²) < 4.78 is 0. The van der Waals surface area contributed by atoms with Crippen molar-refractivity contribution < 1.29 is 5.11 Å². The molecule has 0 bridgehead atoms. The van der Waals surface area contributed by atoms with Crippen molar-refractivity contribution in [1.29, 1.82) is 0 Å². The molecule has 4 heteroatoms. The monoisotopic (exact) mass is 362 g/mol. The number of amidine groups is 1. The number of thioether (sulfide) groups is 1. The normalized spacial score (nSPS) is 10.0. The lowest BCUT2D eigenvalue weighted by Crippen LogP contribution is -2.13. The second-order valence-corrected chi connectivity index (χ2v) is 5.17. The standard InChI is InChI=1S/C8H16N2S.C5H12.C4H8.C2H6.CH4O/c1-5-7(11-4)6(2)8(9)10-3;1-3-5-4-2;1-3-4-2;2*1-2/h5H2,1-4H3,(H2,9,10);3-5H2,1-2H3;3H,1,4H2,2H3;1-2H3;2H,1H3/b7-6+;;;;. The molecule has 0 unspecified atom stereocenters. The number of aliphatic imine (C=N–C) groups is 1. The maximum atomic E-state index is 7.00. The zero-order valence-electron chi connectivity index (χ0n) is 18.2. The van der Waals surface area contributed by atoms with Crippen molar-refractivity contribution in [1.82, 2.24) is 0 Å². The summed E-state index contributed by atoms with van der Waals surface area (Å²) in [5.41, 5.74) is 6.76. The zero-order valence-corrected chi connectivity index (χ0v) is 19.0. The molecule has 0 saturated heterocycles. The van der Waals surface area contributed by atoms with Crippen LogP contribution in [0, 0.1) is 0 Å². The van der Waals surface area contributed by atoms with Crippen LogP contribution in [0.25, 0.3) is 0 Å². The molecule has 0 fully saturated rings. The van der Waals surface area contributed by atoms with Crippen molar-refractivity contribution in [2.75, 3.05) is 20.4 Å². The average Bonchev–Trinajstić information content (AvgIpc) is 2.66. The number of aliphatic hydroxyl groups is 1. The topological polar surface area (TPSA) is 58.6 Å². The number of rotatable bonds is 6. The molecule has 0 aromatic heterocycles. The first-order valence-corrected chi connectivity index (χ1v) is 10.2. The van der Waals surface area contributed by atoms with Gasteiger partial charge in [0.1, 0.15) is 5.84 Å². The van der Waals surface area contributed by atoms with Gasteiger partial charge >= 0.3 is 0 Å². The highest BCUT2D eigenvalue weighted by atomic mass is 32.2. The molecule has 0 atom stereocenters. The molecule has 24 heavy (non-hydrogen) atoms. The minimum Gasteiger partial charge on any atom is -0.400 e. The minimum atomic E-state index is 0.649. The molecule has 0 amide bonds. The van der Waals surface area contributed by atoms with Gasteiger partial charge in [-0.15, -0.1) is 18.3 Å². The Morgan fingerprint density at radius 2 is 1.50 bits per heavy atom. The SMILES string of the molecule is C=CCC.CC.CC/C(SC)=C(/C)C(N)=NC.CCCCC.CO. The van der Waals surface area contributed by atoms with Crippen LogP contribution in [0.15, 0.2) is 28.1 Å². The minimum absolute atomic E-state index is 0.649. The van der Waals surface area contributed by atoms with Crippen LogP contribution in [0.3, 0.4) is 0 Å². The molecule has 0 aliphatic heterocycles. The van der Waals surface area contributed by atoms with Crippen molar-refractivity contribution >= 4 is 17.6 Å². The van der Waals surface area contributed by atoms with Gasteiger partial charge in [0.15, 0.2) is 0 Å². The van der Waals surface area contributed by atoms with Gasteiger partial charge in [-0.05, 0) is 30.9 Å². The summed E-state index contributed by atoms with van der Waals surface area (Å²) in [6.07, 6.45) is 10.1. The summed E-state index contributed by atoms with van der Waals surface area (Å²) in [5.74, 6) is 0.649. The Labute approximate surface area is 157 Å². The van der Waals surface area contributed by atoms with E-state index in [1.165, 1.54) is 24.2 Å². The van der Waals surface area contributed by atoms with E-state index >= 15 is 0 Å². The van der Waals surface area contributed by atoms with E-state index in [1.807, 2.05) is 26.8 Å². The summed E-state index contributed by atoms with van der Waals surface area (Å²) >= 11 is 1.74. The van der Waals surface area contributed by atoms with Gasteiger partial charge in [-0.2, -0.15) is 0 Å². The molecule has 3 N–H and O–H groups in total. The largest absolute Gasteiger partial charge is 0.400 e. The molecule has 0 heterocycles. The molecule has 0 rings (SSSR count). The molecule has 0 aliphatic carbocycles. The number of hydrogen-bond acceptors (Lipinski definition) is 3. The number of nitrogens with two attached hydrogens (primary N) is 1. The quantitative estimate of drug-likeness (QED) is 0.325. The number of nitrogens with zero attached hydrogens (tertiary/aromatic N) is 1. The van der Waals surface area contributed by atoms with E-state index in [2.05, 4.69) is 45.5 Å². The van der Waals surface area contributed by atoms with Gasteiger partial charge in [-0.1, -0.05) is 66.9 Å². The third kappa shape index (κ3) is 33.0. The van der Waals surface area contributed by atoms with Gasteiger partial charge < -0.3 is 10.8 Å². The van der Waals surface area contributed by atoms with Crippen LogP contribution in [0.1, 0.15) is 80.6 Å². The lowest BCUT2D eigenvalue weighted by Gasteiger charge is -2.05. The summed E-state index contributed by atoms with van der Waals surface area (Å²) in [6.45, 7) is 18.1. The highest BCUT2D eigenvalue weighted by Gasteiger charge is 2.01. The highest BCUT2D eigenvalue weighted by molar-refractivity contribution is 8.02.